The number of aromatic nitrogens is 1. The average molecular weight is 393 g/mol. The summed E-state index contributed by atoms with van der Waals surface area (Å²) in [7, 11) is 0. The fourth-order valence-electron chi connectivity index (χ4n) is 3.76. The molecule has 4 rings (SSSR count). The molecule has 1 aliphatic heterocycles. The van der Waals surface area contributed by atoms with Crippen molar-refractivity contribution in [2.24, 2.45) is 0 Å². The third-order valence-electron chi connectivity index (χ3n) is 5.26. The lowest BCUT2D eigenvalue weighted by atomic mass is 10.00. The summed E-state index contributed by atoms with van der Waals surface area (Å²) in [5, 5.41) is 24.5. The molecule has 2 unspecified atom stereocenters. The number of benzene rings is 2. The Balaban J connectivity index is 1.22. The number of β-amino-alcohol motifs (C(OH)–C–C–N with tert-alkyl or cyclic N) is 1. The molecule has 1 aliphatic rings. The zero-order valence-corrected chi connectivity index (χ0v) is 16.4. The molecule has 0 saturated carbocycles. The lowest BCUT2D eigenvalue weighted by molar-refractivity contribution is 0.0507. The van der Waals surface area contributed by atoms with Crippen molar-refractivity contribution in [3.05, 3.63) is 71.9 Å². The Hall–Kier alpha value is -2.51. The molecule has 6 nitrogen and oxygen atoms in total. The van der Waals surface area contributed by atoms with Crippen molar-refractivity contribution >= 4 is 10.9 Å². The van der Waals surface area contributed by atoms with Gasteiger partial charge < -0.3 is 14.9 Å². The van der Waals surface area contributed by atoms with Gasteiger partial charge in [0.2, 0.25) is 0 Å². The molecular weight excluding hydrogens is 366 g/mol. The van der Waals surface area contributed by atoms with Crippen molar-refractivity contribution < 1.29 is 14.9 Å². The van der Waals surface area contributed by atoms with Crippen LogP contribution in [0.2, 0.25) is 0 Å². The van der Waals surface area contributed by atoms with Crippen LogP contribution in [0, 0.1) is 0 Å². The van der Waals surface area contributed by atoms with Crippen LogP contribution >= 0.6 is 0 Å². The summed E-state index contributed by atoms with van der Waals surface area (Å²) in [5.74, 6) is 0.636. The maximum Gasteiger partial charge on any atom is 0.145 e. The van der Waals surface area contributed by atoms with Crippen LogP contribution in [-0.4, -0.2) is 58.7 Å². The van der Waals surface area contributed by atoms with Crippen molar-refractivity contribution in [2.75, 3.05) is 26.2 Å². The minimum atomic E-state index is -0.870. The first kappa shape index (κ1) is 19.8. The number of nitrogens with one attached hydrogen (secondary N) is 1. The highest BCUT2D eigenvalue weighted by atomic mass is 16.5. The molecule has 2 atom stereocenters. The second-order valence-electron chi connectivity index (χ2n) is 7.47. The van der Waals surface area contributed by atoms with Crippen LogP contribution in [-0.2, 0) is 13.0 Å². The lowest BCUT2D eigenvalue weighted by Gasteiger charge is -2.30. The van der Waals surface area contributed by atoms with Gasteiger partial charge in [-0.25, -0.2) is 0 Å². The first-order valence-electron chi connectivity index (χ1n) is 10.0. The van der Waals surface area contributed by atoms with Crippen LogP contribution in [0.25, 0.3) is 10.9 Å². The van der Waals surface area contributed by atoms with Gasteiger partial charge in [0.1, 0.15) is 24.1 Å². The standard InChI is InChI=1S/C23H27N3O3/c27-20(15-26-12-10-17-5-1-2-6-19(17)14-26)13-25-22(28)16-29-21-9-3-7-18-8-4-11-24-23(18)21/h1-9,11,20,22,25,27-28H,10,12-16H2. The van der Waals surface area contributed by atoms with E-state index in [4.69, 9.17) is 4.74 Å². The van der Waals surface area contributed by atoms with E-state index >= 15 is 0 Å². The van der Waals surface area contributed by atoms with Crippen LogP contribution < -0.4 is 10.1 Å². The number of ether oxygens (including phenoxy) is 1. The molecule has 3 N–H and O–H groups in total. The van der Waals surface area contributed by atoms with Crippen LogP contribution in [0.3, 0.4) is 0 Å². The third kappa shape index (κ3) is 5.10. The highest BCUT2D eigenvalue weighted by molar-refractivity contribution is 5.84. The smallest absolute Gasteiger partial charge is 0.145 e. The highest BCUT2D eigenvalue weighted by Gasteiger charge is 2.19. The Morgan fingerprint density at radius 1 is 1.03 bits per heavy atom. The number of fused-ring (bicyclic) bond motifs is 2. The van der Waals surface area contributed by atoms with E-state index in [2.05, 4.69) is 39.5 Å². The van der Waals surface area contributed by atoms with Crippen molar-refractivity contribution in [3.8, 4) is 5.75 Å². The quantitative estimate of drug-likeness (QED) is 0.508. The molecule has 1 aromatic heterocycles. The van der Waals surface area contributed by atoms with E-state index in [1.54, 1.807) is 6.20 Å². The fraction of sp³-hybridized carbons (Fsp3) is 0.348. The molecule has 0 spiro atoms. The van der Waals surface area contributed by atoms with Gasteiger partial charge in [-0.05, 0) is 29.7 Å². The Morgan fingerprint density at radius 2 is 1.86 bits per heavy atom. The molecule has 2 aromatic carbocycles. The van der Waals surface area contributed by atoms with Crippen molar-refractivity contribution in [2.45, 2.75) is 25.3 Å². The second kappa shape index (κ2) is 9.33. The van der Waals surface area contributed by atoms with E-state index in [1.165, 1.54) is 11.1 Å². The SMILES string of the molecule is OC(CNC(O)COc1cccc2cccnc12)CN1CCc2ccccc2C1. The van der Waals surface area contributed by atoms with Gasteiger partial charge >= 0.3 is 0 Å². The molecule has 3 aromatic rings. The first-order chi connectivity index (χ1) is 14.2. The minimum absolute atomic E-state index is 0.0828. The predicted molar refractivity (Wildman–Crippen MR) is 113 cm³/mol. The molecule has 2 heterocycles. The van der Waals surface area contributed by atoms with Crippen LogP contribution in [0.1, 0.15) is 11.1 Å². The number of pyridine rings is 1. The largest absolute Gasteiger partial charge is 0.487 e. The molecule has 6 heteroatoms. The molecular formula is C23H27N3O3. The van der Waals surface area contributed by atoms with Gasteiger partial charge in [0.05, 0.1) is 6.10 Å². The Morgan fingerprint density at radius 3 is 2.76 bits per heavy atom. The summed E-state index contributed by atoms with van der Waals surface area (Å²) in [5.41, 5.74) is 3.50. The predicted octanol–water partition coefficient (Wildman–Crippen LogP) is 1.94. The lowest BCUT2D eigenvalue weighted by Crippen LogP contribution is -2.44. The molecule has 0 radical (unpaired) electrons. The zero-order valence-electron chi connectivity index (χ0n) is 16.4. The highest BCUT2D eigenvalue weighted by Crippen LogP contribution is 2.23. The van der Waals surface area contributed by atoms with Crippen LogP contribution in [0.4, 0.5) is 0 Å². The number of aliphatic hydroxyl groups excluding tert-OH is 2. The molecule has 0 saturated heterocycles. The monoisotopic (exact) mass is 393 g/mol. The van der Waals surface area contributed by atoms with Crippen molar-refractivity contribution in [1.82, 2.24) is 15.2 Å². The maximum atomic E-state index is 10.4. The molecule has 0 amide bonds. The summed E-state index contributed by atoms with van der Waals surface area (Å²) < 4.78 is 5.74. The summed E-state index contributed by atoms with van der Waals surface area (Å²) in [4.78, 5) is 6.59. The number of nitrogens with zero attached hydrogens (tertiary/aromatic N) is 2. The number of para-hydroxylation sites is 1. The topological polar surface area (TPSA) is 77.8 Å². The molecule has 152 valence electrons. The van der Waals surface area contributed by atoms with E-state index in [1.807, 2.05) is 30.3 Å². The van der Waals surface area contributed by atoms with Crippen molar-refractivity contribution in [3.63, 3.8) is 0 Å². The van der Waals surface area contributed by atoms with Gasteiger partial charge in [0.25, 0.3) is 0 Å². The number of rotatable bonds is 8. The van der Waals surface area contributed by atoms with Gasteiger partial charge in [-0.3, -0.25) is 15.2 Å². The van der Waals surface area contributed by atoms with E-state index in [0.29, 0.717) is 18.8 Å². The summed E-state index contributed by atoms with van der Waals surface area (Å²) in [6.07, 6.45) is 1.30. The third-order valence-corrected chi connectivity index (χ3v) is 5.26. The fourth-order valence-corrected chi connectivity index (χ4v) is 3.76. The summed E-state index contributed by atoms with van der Waals surface area (Å²) in [6.45, 7) is 2.75. The maximum absolute atomic E-state index is 10.4. The van der Waals surface area contributed by atoms with Gasteiger partial charge in [0, 0.05) is 37.8 Å². The van der Waals surface area contributed by atoms with E-state index in [0.717, 1.165) is 30.4 Å². The number of aliphatic hydroxyl groups is 2. The van der Waals surface area contributed by atoms with E-state index in [9.17, 15) is 10.2 Å². The first-order valence-corrected chi connectivity index (χ1v) is 10.0. The minimum Gasteiger partial charge on any atom is -0.487 e. The number of hydrogen-bond acceptors (Lipinski definition) is 6. The molecule has 0 aliphatic carbocycles. The molecule has 0 fully saturated rings. The average Bonchev–Trinajstić information content (AvgIpc) is 2.76. The van der Waals surface area contributed by atoms with Crippen LogP contribution in [0.15, 0.2) is 60.8 Å². The van der Waals surface area contributed by atoms with E-state index in [-0.39, 0.29) is 6.61 Å². The van der Waals surface area contributed by atoms with Gasteiger partial charge in [-0.2, -0.15) is 0 Å². The Kier molecular flexibility index (Phi) is 6.36. The molecule has 0 bridgehead atoms. The Labute approximate surface area is 170 Å². The Bertz CT molecular complexity index is 944. The summed E-state index contributed by atoms with van der Waals surface area (Å²) >= 11 is 0. The number of hydrogen-bond donors (Lipinski definition) is 3. The van der Waals surface area contributed by atoms with Gasteiger partial charge in [-0.1, -0.05) is 42.5 Å². The normalized spacial score (nSPS) is 16.3. The second-order valence-corrected chi connectivity index (χ2v) is 7.47. The molecule has 29 heavy (non-hydrogen) atoms. The van der Waals surface area contributed by atoms with Crippen molar-refractivity contribution in [1.29, 1.82) is 0 Å². The zero-order chi connectivity index (χ0) is 20.1. The van der Waals surface area contributed by atoms with Crippen LogP contribution in [0.5, 0.6) is 5.75 Å². The van der Waals surface area contributed by atoms with Gasteiger partial charge in [-0.15, -0.1) is 0 Å². The van der Waals surface area contributed by atoms with E-state index < -0.39 is 12.3 Å². The summed E-state index contributed by atoms with van der Waals surface area (Å²) in [6, 6.07) is 18.0. The van der Waals surface area contributed by atoms with Gasteiger partial charge in [0.15, 0.2) is 0 Å².